The number of thioether (sulfide) groups is 1. The summed E-state index contributed by atoms with van der Waals surface area (Å²) < 4.78 is 28.2. The Kier molecular flexibility index (Phi) is 7.47. The average Bonchev–Trinajstić information content (AvgIpc) is 2.20. The second-order valence-electron chi connectivity index (χ2n) is 5.78. The normalized spacial score (nSPS) is 14.5. The minimum Gasteiger partial charge on any atom is -0.288 e. The summed E-state index contributed by atoms with van der Waals surface area (Å²) in [6, 6.07) is 0. The summed E-state index contributed by atoms with van der Waals surface area (Å²) in [5.41, 5.74) is -0.164. The third-order valence-electron chi connectivity index (χ3n) is 2.10. The molecular weight excluding hydrogens is 272 g/mol. The standard InChI is InChI=1S/C12H24O4S2/c1-10(8-17-11(2)13)6-7-18(14,15)16-9-12(3,4)5/h10H,6-9H2,1-5H3/t10-/m0/s1. The van der Waals surface area contributed by atoms with Crippen molar-refractivity contribution >= 4 is 27.0 Å². The first-order valence-corrected chi connectivity index (χ1v) is 8.58. The molecule has 0 saturated carbocycles. The van der Waals surface area contributed by atoms with E-state index in [2.05, 4.69) is 0 Å². The average molecular weight is 296 g/mol. The summed E-state index contributed by atoms with van der Waals surface area (Å²) in [4.78, 5) is 10.8. The van der Waals surface area contributed by atoms with Gasteiger partial charge in [0.2, 0.25) is 0 Å². The minimum absolute atomic E-state index is 0.0166. The van der Waals surface area contributed by atoms with E-state index in [0.717, 1.165) is 0 Å². The lowest BCUT2D eigenvalue weighted by Gasteiger charge is -2.18. The zero-order valence-corrected chi connectivity index (χ0v) is 13.5. The molecule has 0 fully saturated rings. The summed E-state index contributed by atoms with van der Waals surface area (Å²) in [7, 11) is -3.44. The van der Waals surface area contributed by atoms with Crippen molar-refractivity contribution < 1.29 is 17.4 Å². The molecule has 6 heteroatoms. The van der Waals surface area contributed by atoms with Gasteiger partial charge in [0, 0.05) is 12.7 Å². The Balaban J connectivity index is 4.00. The zero-order chi connectivity index (χ0) is 14.4. The highest BCUT2D eigenvalue weighted by Gasteiger charge is 2.19. The van der Waals surface area contributed by atoms with Gasteiger partial charge >= 0.3 is 0 Å². The Bertz CT molecular complexity index is 355. The molecule has 0 rings (SSSR count). The van der Waals surface area contributed by atoms with Gasteiger partial charge < -0.3 is 0 Å². The molecule has 0 aromatic heterocycles. The van der Waals surface area contributed by atoms with Crippen molar-refractivity contribution in [2.24, 2.45) is 11.3 Å². The topological polar surface area (TPSA) is 60.4 Å². The molecule has 0 aliphatic heterocycles. The van der Waals surface area contributed by atoms with Gasteiger partial charge in [0.15, 0.2) is 5.12 Å². The van der Waals surface area contributed by atoms with Gasteiger partial charge in [0.25, 0.3) is 10.1 Å². The molecule has 4 nitrogen and oxygen atoms in total. The summed E-state index contributed by atoms with van der Waals surface area (Å²) in [6.07, 6.45) is 0.521. The molecule has 0 spiro atoms. The molecule has 0 amide bonds. The SMILES string of the molecule is CC(=O)SC[C@@H](C)CCS(=O)(=O)OCC(C)(C)C. The minimum atomic E-state index is -3.44. The molecule has 0 bridgehead atoms. The lowest BCUT2D eigenvalue weighted by molar-refractivity contribution is -0.109. The van der Waals surface area contributed by atoms with Crippen molar-refractivity contribution in [1.29, 1.82) is 0 Å². The predicted molar refractivity (Wildman–Crippen MR) is 76.1 cm³/mol. The summed E-state index contributed by atoms with van der Waals surface area (Å²) >= 11 is 1.23. The van der Waals surface area contributed by atoms with E-state index in [4.69, 9.17) is 4.18 Å². The number of rotatable bonds is 7. The molecule has 0 aromatic carbocycles. The van der Waals surface area contributed by atoms with Gasteiger partial charge in [-0.3, -0.25) is 8.98 Å². The zero-order valence-electron chi connectivity index (χ0n) is 11.9. The number of hydrogen-bond donors (Lipinski definition) is 0. The van der Waals surface area contributed by atoms with Crippen LogP contribution >= 0.6 is 11.8 Å². The number of hydrogen-bond acceptors (Lipinski definition) is 5. The summed E-state index contributed by atoms with van der Waals surface area (Å²) in [5, 5.41) is 0.0636. The predicted octanol–water partition coefficient (Wildman–Crippen LogP) is 2.68. The van der Waals surface area contributed by atoms with Crippen molar-refractivity contribution in [3.8, 4) is 0 Å². The van der Waals surface area contributed by atoms with E-state index < -0.39 is 10.1 Å². The van der Waals surface area contributed by atoms with E-state index in [9.17, 15) is 13.2 Å². The van der Waals surface area contributed by atoms with Gasteiger partial charge in [0.05, 0.1) is 12.4 Å². The van der Waals surface area contributed by atoms with Gasteiger partial charge in [-0.2, -0.15) is 8.42 Å². The highest BCUT2D eigenvalue weighted by Crippen LogP contribution is 2.17. The van der Waals surface area contributed by atoms with E-state index in [0.29, 0.717) is 12.2 Å². The molecule has 0 saturated heterocycles. The molecule has 0 N–H and O–H groups in total. The van der Waals surface area contributed by atoms with Gasteiger partial charge in [0.1, 0.15) is 0 Å². The Morgan fingerprint density at radius 2 is 1.89 bits per heavy atom. The third kappa shape index (κ3) is 11.0. The van der Waals surface area contributed by atoms with Gasteiger partial charge in [-0.15, -0.1) is 0 Å². The molecular formula is C12H24O4S2. The van der Waals surface area contributed by atoms with E-state index in [1.807, 2.05) is 27.7 Å². The second kappa shape index (κ2) is 7.50. The van der Waals surface area contributed by atoms with Crippen LogP contribution in [0.4, 0.5) is 0 Å². The summed E-state index contributed by atoms with van der Waals surface area (Å²) in [6.45, 7) is 9.43. The van der Waals surface area contributed by atoms with Crippen LogP contribution in [0.5, 0.6) is 0 Å². The maximum atomic E-state index is 11.6. The molecule has 0 aromatic rings. The smallest absolute Gasteiger partial charge is 0.267 e. The van der Waals surface area contributed by atoms with Crippen molar-refractivity contribution in [2.75, 3.05) is 18.1 Å². The van der Waals surface area contributed by atoms with Crippen LogP contribution in [-0.2, 0) is 19.1 Å². The summed E-state index contributed by atoms with van der Waals surface area (Å²) in [5.74, 6) is 0.860. The van der Waals surface area contributed by atoms with Crippen molar-refractivity contribution in [3.05, 3.63) is 0 Å². The van der Waals surface area contributed by atoms with Crippen LogP contribution in [-0.4, -0.2) is 31.6 Å². The third-order valence-corrected chi connectivity index (χ3v) is 4.46. The maximum Gasteiger partial charge on any atom is 0.267 e. The molecule has 0 heterocycles. The fourth-order valence-corrected chi connectivity index (χ4v) is 3.04. The Morgan fingerprint density at radius 1 is 1.33 bits per heavy atom. The molecule has 1 atom stereocenters. The number of carbonyl (C=O) groups excluding carboxylic acids is 1. The van der Waals surface area contributed by atoms with Gasteiger partial charge in [-0.1, -0.05) is 39.5 Å². The Labute approximate surface area is 115 Å². The monoisotopic (exact) mass is 296 g/mol. The van der Waals surface area contributed by atoms with Crippen molar-refractivity contribution in [1.82, 2.24) is 0 Å². The highest BCUT2D eigenvalue weighted by atomic mass is 32.2. The van der Waals surface area contributed by atoms with Crippen molar-refractivity contribution in [2.45, 2.75) is 41.0 Å². The molecule has 0 unspecified atom stereocenters. The second-order valence-corrected chi connectivity index (χ2v) is 8.74. The highest BCUT2D eigenvalue weighted by molar-refractivity contribution is 8.13. The quantitative estimate of drug-likeness (QED) is 0.676. The van der Waals surface area contributed by atoms with E-state index in [1.54, 1.807) is 0 Å². The molecule has 0 aliphatic rings. The first-order chi connectivity index (χ1) is 8.02. The van der Waals surface area contributed by atoms with Gasteiger partial charge in [-0.25, -0.2) is 0 Å². The fraction of sp³-hybridized carbons (Fsp3) is 0.917. The maximum absolute atomic E-state index is 11.6. The van der Waals surface area contributed by atoms with Crippen LogP contribution in [0.1, 0.15) is 41.0 Å². The van der Waals surface area contributed by atoms with Crippen LogP contribution in [0.15, 0.2) is 0 Å². The van der Waals surface area contributed by atoms with Crippen LogP contribution in [0.3, 0.4) is 0 Å². The molecule has 108 valence electrons. The van der Waals surface area contributed by atoms with E-state index in [1.165, 1.54) is 18.7 Å². The number of carbonyl (C=O) groups is 1. The van der Waals surface area contributed by atoms with Crippen LogP contribution in [0.25, 0.3) is 0 Å². The van der Waals surface area contributed by atoms with Crippen LogP contribution < -0.4 is 0 Å². The van der Waals surface area contributed by atoms with Crippen LogP contribution in [0.2, 0.25) is 0 Å². The molecule has 0 radical (unpaired) electrons. The first-order valence-electron chi connectivity index (χ1n) is 6.02. The molecule has 18 heavy (non-hydrogen) atoms. The Morgan fingerprint density at radius 3 is 2.33 bits per heavy atom. The lowest BCUT2D eigenvalue weighted by atomic mass is 9.99. The first kappa shape index (κ1) is 17.9. The van der Waals surface area contributed by atoms with E-state index in [-0.39, 0.29) is 28.8 Å². The van der Waals surface area contributed by atoms with Crippen LogP contribution in [0, 0.1) is 11.3 Å². The van der Waals surface area contributed by atoms with Gasteiger partial charge in [-0.05, 0) is 17.8 Å². The fourth-order valence-electron chi connectivity index (χ4n) is 1.01. The largest absolute Gasteiger partial charge is 0.288 e. The van der Waals surface area contributed by atoms with Crippen molar-refractivity contribution in [3.63, 3.8) is 0 Å². The molecule has 0 aliphatic carbocycles. The lowest BCUT2D eigenvalue weighted by Crippen LogP contribution is -2.21. The Hall–Kier alpha value is -0.0700. The van der Waals surface area contributed by atoms with E-state index >= 15 is 0 Å².